The number of hydrogen-bond donors (Lipinski definition) is 1. The first kappa shape index (κ1) is 17.8. The number of hydrogen-bond acceptors (Lipinski definition) is 5. The fourth-order valence-electron chi connectivity index (χ4n) is 4.07. The third-order valence-corrected chi connectivity index (χ3v) is 5.48. The first-order chi connectivity index (χ1) is 11.9. The van der Waals surface area contributed by atoms with Crippen LogP contribution in [0.25, 0.3) is 0 Å². The van der Waals surface area contributed by atoms with Crippen LogP contribution in [0.4, 0.5) is 0 Å². The van der Waals surface area contributed by atoms with Crippen LogP contribution in [0, 0.1) is 23.7 Å². The SMILES string of the molecule is CC(C)C(=O)OC1C2CC3C(=O)OC1C3C2.CCc1ccc(O)cc1. The molecule has 1 saturated heterocycles. The number of rotatable bonds is 3. The van der Waals surface area contributed by atoms with E-state index in [1.165, 1.54) is 5.56 Å². The van der Waals surface area contributed by atoms with Crippen LogP contribution in [0.3, 0.4) is 0 Å². The van der Waals surface area contributed by atoms with Crippen LogP contribution in [-0.4, -0.2) is 29.3 Å². The third-order valence-electron chi connectivity index (χ3n) is 5.48. The molecule has 0 amide bonds. The maximum atomic E-state index is 11.6. The quantitative estimate of drug-likeness (QED) is 0.852. The van der Waals surface area contributed by atoms with Crippen molar-refractivity contribution in [3.63, 3.8) is 0 Å². The zero-order valence-corrected chi connectivity index (χ0v) is 15.0. The van der Waals surface area contributed by atoms with Gasteiger partial charge in [0.2, 0.25) is 0 Å². The van der Waals surface area contributed by atoms with E-state index in [9.17, 15) is 9.59 Å². The van der Waals surface area contributed by atoms with Crippen molar-refractivity contribution in [3.8, 4) is 5.75 Å². The van der Waals surface area contributed by atoms with E-state index in [0.29, 0.717) is 17.6 Å². The lowest BCUT2D eigenvalue weighted by atomic mass is 9.88. The van der Waals surface area contributed by atoms with Gasteiger partial charge in [0.15, 0.2) is 0 Å². The van der Waals surface area contributed by atoms with Crippen LogP contribution in [0.1, 0.15) is 39.2 Å². The second-order valence-electron chi connectivity index (χ2n) is 7.48. The lowest BCUT2D eigenvalue weighted by Gasteiger charge is -2.25. The molecular weight excluding hydrogens is 320 g/mol. The lowest BCUT2D eigenvalue weighted by Crippen LogP contribution is -2.36. The van der Waals surface area contributed by atoms with Crippen molar-refractivity contribution in [1.29, 1.82) is 0 Å². The van der Waals surface area contributed by atoms with E-state index >= 15 is 0 Å². The minimum absolute atomic E-state index is 0.0828. The summed E-state index contributed by atoms with van der Waals surface area (Å²) in [6, 6.07) is 7.27. The number of fused-ring (bicyclic) bond motifs is 1. The molecule has 0 aromatic heterocycles. The molecule has 2 saturated carbocycles. The number of ether oxygens (including phenoxy) is 2. The number of phenols is 1. The van der Waals surface area contributed by atoms with E-state index in [1.54, 1.807) is 12.1 Å². The number of phenolic OH excluding ortho intramolecular Hbond substituents is 1. The molecule has 2 bridgehead atoms. The summed E-state index contributed by atoms with van der Waals surface area (Å²) in [7, 11) is 0. The molecule has 1 aromatic carbocycles. The van der Waals surface area contributed by atoms with Crippen molar-refractivity contribution < 1.29 is 24.2 Å². The van der Waals surface area contributed by atoms with E-state index in [0.717, 1.165) is 19.3 Å². The van der Waals surface area contributed by atoms with Crippen LogP contribution in [0.2, 0.25) is 0 Å². The summed E-state index contributed by atoms with van der Waals surface area (Å²) in [4.78, 5) is 23.1. The first-order valence-electron chi connectivity index (χ1n) is 9.09. The molecule has 5 atom stereocenters. The molecule has 0 radical (unpaired) electrons. The Kier molecular flexibility index (Phi) is 5.02. The summed E-state index contributed by atoms with van der Waals surface area (Å²) in [6.07, 6.45) is 2.52. The number of esters is 2. The van der Waals surface area contributed by atoms with E-state index in [2.05, 4.69) is 6.92 Å². The summed E-state index contributed by atoms with van der Waals surface area (Å²) in [5.41, 5.74) is 1.26. The van der Waals surface area contributed by atoms with E-state index < -0.39 is 0 Å². The Hall–Kier alpha value is -2.04. The predicted octanol–water partition coefficient (Wildman–Crippen LogP) is 3.09. The highest BCUT2D eigenvalue weighted by molar-refractivity contribution is 5.77. The lowest BCUT2D eigenvalue weighted by molar-refractivity contribution is -0.164. The number of benzene rings is 1. The zero-order valence-electron chi connectivity index (χ0n) is 15.0. The van der Waals surface area contributed by atoms with Crippen molar-refractivity contribution in [3.05, 3.63) is 29.8 Å². The van der Waals surface area contributed by atoms with Crippen molar-refractivity contribution in [2.75, 3.05) is 0 Å². The molecule has 2 aliphatic carbocycles. The predicted molar refractivity (Wildman–Crippen MR) is 91.8 cm³/mol. The van der Waals surface area contributed by atoms with Crippen LogP contribution in [0.15, 0.2) is 24.3 Å². The van der Waals surface area contributed by atoms with Gasteiger partial charge in [-0.05, 0) is 37.0 Å². The highest BCUT2D eigenvalue weighted by atomic mass is 16.6. The van der Waals surface area contributed by atoms with Crippen molar-refractivity contribution in [2.45, 2.75) is 52.2 Å². The third kappa shape index (κ3) is 3.51. The van der Waals surface area contributed by atoms with Crippen LogP contribution in [0.5, 0.6) is 5.75 Å². The van der Waals surface area contributed by atoms with Gasteiger partial charge in [-0.15, -0.1) is 0 Å². The van der Waals surface area contributed by atoms with Gasteiger partial charge < -0.3 is 14.6 Å². The molecule has 25 heavy (non-hydrogen) atoms. The second-order valence-corrected chi connectivity index (χ2v) is 7.48. The average Bonchev–Trinajstić information content (AvgIpc) is 3.21. The fraction of sp³-hybridized carbons (Fsp3) is 0.600. The van der Waals surface area contributed by atoms with Gasteiger partial charge in [-0.2, -0.15) is 0 Å². The van der Waals surface area contributed by atoms with Crippen LogP contribution in [-0.2, 0) is 25.5 Å². The van der Waals surface area contributed by atoms with Crippen molar-refractivity contribution in [2.24, 2.45) is 23.7 Å². The first-order valence-corrected chi connectivity index (χ1v) is 9.09. The van der Waals surface area contributed by atoms with Crippen molar-refractivity contribution >= 4 is 11.9 Å². The maximum Gasteiger partial charge on any atom is 0.309 e. The monoisotopic (exact) mass is 346 g/mol. The summed E-state index contributed by atoms with van der Waals surface area (Å²) < 4.78 is 10.8. The van der Waals surface area contributed by atoms with Crippen LogP contribution >= 0.6 is 0 Å². The molecule has 0 spiro atoms. The smallest absolute Gasteiger partial charge is 0.309 e. The van der Waals surface area contributed by atoms with Gasteiger partial charge in [0.25, 0.3) is 0 Å². The summed E-state index contributed by atoms with van der Waals surface area (Å²) >= 11 is 0. The largest absolute Gasteiger partial charge is 0.508 e. The normalized spacial score (nSPS) is 31.5. The van der Waals surface area contributed by atoms with Gasteiger partial charge in [-0.1, -0.05) is 32.9 Å². The molecule has 4 rings (SSSR count). The van der Waals surface area contributed by atoms with E-state index in [-0.39, 0.29) is 36.0 Å². The minimum atomic E-state index is -0.183. The molecule has 5 nitrogen and oxygen atoms in total. The van der Waals surface area contributed by atoms with Gasteiger partial charge in [0.05, 0.1) is 11.8 Å². The Morgan fingerprint density at radius 3 is 2.56 bits per heavy atom. The Bertz CT molecular complexity index is 636. The molecule has 1 aromatic rings. The zero-order chi connectivity index (χ0) is 18.1. The summed E-state index contributed by atoms with van der Waals surface area (Å²) in [6.45, 7) is 5.73. The van der Waals surface area contributed by atoms with Gasteiger partial charge in [-0.25, -0.2) is 0 Å². The molecule has 1 heterocycles. The number of aromatic hydroxyl groups is 1. The molecule has 3 fully saturated rings. The number of carbonyl (C=O) groups excluding carboxylic acids is 2. The summed E-state index contributed by atoms with van der Waals surface area (Å²) in [5, 5.41) is 8.85. The van der Waals surface area contributed by atoms with Crippen molar-refractivity contribution in [1.82, 2.24) is 0 Å². The minimum Gasteiger partial charge on any atom is -0.508 e. The molecule has 1 aliphatic heterocycles. The number of carbonyl (C=O) groups is 2. The van der Waals surface area contributed by atoms with Gasteiger partial charge in [0.1, 0.15) is 18.0 Å². The molecule has 5 unspecified atom stereocenters. The van der Waals surface area contributed by atoms with E-state index in [1.807, 2.05) is 26.0 Å². The molecule has 3 aliphatic rings. The Morgan fingerprint density at radius 1 is 1.28 bits per heavy atom. The molecule has 5 heteroatoms. The Labute approximate surface area is 148 Å². The fourth-order valence-corrected chi connectivity index (χ4v) is 4.07. The molecular formula is C20H26O5. The average molecular weight is 346 g/mol. The standard InChI is InChI=1S/C12H16O4.C8H10O/c1-5(2)11(13)15-9-6-3-7-8(4-6)12(14)16-10(7)9;1-2-7-3-5-8(9)6-4-7/h5-10H,3-4H2,1-2H3;3-6,9H,2H2,1H3. The van der Waals surface area contributed by atoms with Gasteiger partial charge in [0, 0.05) is 11.8 Å². The molecule has 136 valence electrons. The second kappa shape index (κ2) is 7.06. The highest BCUT2D eigenvalue weighted by Crippen LogP contribution is 2.55. The van der Waals surface area contributed by atoms with E-state index in [4.69, 9.17) is 14.6 Å². The molecule has 1 N–H and O–H groups in total. The highest BCUT2D eigenvalue weighted by Gasteiger charge is 2.63. The topological polar surface area (TPSA) is 72.8 Å². The van der Waals surface area contributed by atoms with Gasteiger partial charge >= 0.3 is 11.9 Å². The van der Waals surface area contributed by atoms with Gasteiger partial charge in [-0.3, -0.25) is 9.59 Å². The number of aryl methyl sites for hydroxylation is 1. The maximum absolute atomic E-state index is 11.6. The summed E-state index contributed by atoms with van der Waals surface area (Å²) in [5.74, 6) is 0.692. The Morgan fingerprint density at radius 2 is 1.96 bits per heavy atom. The van der Waals surface area contributed by atoms with Crippen LogP contribution < -0.4 is 0 Å². The Balaban J connectivity index is 0.000000173.